The van der Waals surface area contributed by atoms with Gasteiger partial charge < -0.3 is 14.4 Å². The molecule has 0 aromatic heterocycles. The lowest BCUT2D eigenvalue weighted by atomic mass is 9.86. The fourth-order valence-electron chi connectivity index (χ4n) is 3.99. The number of halogens is 1. The standard InChI is InChI=1S/C25H32INO3/c1-4-7-11-23-24(19-10-8-9-12-21(19)30-23)25(28)18-13-14-22(20(26)17-18)29-16-15-27(5-2)6-3/h8-10,12-14,17,23-24H,4-7,11,15-16H2,1-3H3/t23-,24-/m1/s1. The van der Waals surface area contributed by atoms with E-state index in [1.165, 1.54) is 0 Å². The first-order valence-corrected chi connectivity index (χ1v) is 12.1. The van der Waals surface area contributed by atoms with Crippen molar-refractivity contribution in [2.24, 2.45) is 0 Å². The first kappa shape index (κ1) is 23.1. The number of nitrogens with zero attached hydrogens (tertiary/aromatic N) is 1. The molecule has 1 heterocycles. The molecule has 0 fully saturated rings. The number of carbonyl (C=O) groups is 1. The number of benzene rings is 2. The number of para-hydroxylation sites is 1. The zero-order valence-electron chi connectivity index (χ0n) is 18.2. The molecule has 0 aliphatic carbocycles. The third kappa shape index (κ3) is 5.35. The molecule has 2 aromatic rings. The molecule has 1 aliphatic heterocycles. The fraction of sp³-hybridized carbons (Fsp3) is 0.480. The second kappa shape index (κ2) is 11.1. The van der Waals surface area contributed by atoms with Crippen LogP contribution in [-0.2, 0) is 0 Å². The Morgan fingerprint density at radius 3 is 2.60 bits per heavy atom. The minimum absolute atomic E-state index is 0.0856. The van der Waals surface area contributed by atoms with Gasteiger partial charge in [-0.1, -0.05) is 51.8 Å². The van der Waals surface area contributed by atoms with Crippen molar-refractivity contribution in [2.45, 2.75) is 52.1 Å². The molecule has 5 heteroatoms. The third-order valence-electron chi connectivity index (χ3n) is 5.80. The Kier molecular flexibility index (Phi) is 8.57. The highest BCUT2D eigenvalue weighted by atomic mass is 127. The van der Waals surface area contributed by atoms with Crippen LogP contribution < -0.4 is 9.47 Å². The highest BCUT2D eigenvalue weighted by Gasteiger charge is 2.39. The molecule has 0 saturated carbocycles. The largest absolute Gasteiger partial charge is 0.491 e. The molecular formula is C25H32INO3. The van der Waals surface area contributed by atoms with Crippen molar-refractivity contribution in [1.82, 2.24) is 4.90 Å². The number of fused-ring (bicyclic) bond motifs is 1. The summed E-state index contributed by atoms with van der Waals surface area (Å²) in [5, 5.41) is 0. The number of Topliss-reactive ketones (excluding diaryl/α,β-unsaturated/α-hetero) is 1. The minimum atomic E-state index is -0.238. The maximum absolute atomic E-state index is 13.5. The molecule has 0 spiro atoms. The van der Waals surface area contributed by atoms with E-state index in [2.05, 4.69) is 48.3 Å². The third-order valence-corrected chi connectivity index (χ3v) is 6.65. The van der Waals surface area contributed by atoms with Crippen LogP contribution in [0.4, 0.5) is 0 Å². The molecule has 2 atom stereocenters. The Morgan fingerprint density at radius 1 is 1.13 bits per heavy atom. The fourth-order valence-corrected chi connectivity index (χ4v) is 4.66. The van der Waals surface area contributed by atoms with Crippen molar-refractivity contribution in [3.8, 4) is 11.5 Å². The lowest BCUT2D eigenvalue weighted by Gasteiger charge is -2.19. The Balaban J connectivity index is 1.74. The smallest absolute Gasteiger partial charge is 0.174 e. The van der Waals surface area contributed by atoms with Crippen molar-refractivity contribution in [2.75, 3.05) is 26.2 Å². The van der Waals surface area contributed by atoms with Gasteiger partial charge in [0.15, 0.2) is 5.78 Å². The molecule has 1 aliphatic rings. The van der Waals surface area contributed by atoms with Crippen LogP contribution in [0.15, 0.2) is 42.5 Å². The Morgan fingerprint density at radius 2 is 1.90 bits per heavy atom. The SMILES string of the molecule is CCCC[C@H]1Oc2ccccc2[C@H]1C(=O)c1ccc(OCCN(CC)CC)c(I)c1. The summed E-state index contributed by atoms with van der Waals surface area (Å²) < 4.78 is 13.1. The summed E-state index contributed by atoms with van der Waals surface area (Å²) in [6, 6.07) is 13.7. The van der Waals surface area contributed by atoms with Gasteiger partial charge in [0.25, 0.3) is 0 Å². The molecule has 2 aromatic carbocycles. The molecule has 0 radical (unpaired) electrons. The predicted octanol–water partition coefficient (Wildman–Crippen LogP) is 5.93. The van der Waals surface area contributed by atoms with E-state index in [1.807, 2.05) is 42.5 Å². The van der Waals surface area contributed by atoms with Crippen LogP contribution in [0.5, 0.6) is 11.5 Å². The maximum Gasteiger partial charge on any atom is 0.174 e. The Hall–Kier alpha value is -1.60. The number of ketones is 1. The number of rotatable bonds is 11. The van der Waals surface area contributed by atoms with Gasteiger partial charge in [-0.3, -0.25) is 4.79 Å². The number of hydrogen-bond donors (Lipinski definition) is 0. The van der Waals surface area contributed by atoms with E-state index in [1.54, 1.807) is 0 Å². The number of unbranched alkanes of at least 4 members (excludes halogenated alkanes) is 1. The second-order valence-electron chi connectivity index (χ2n) is 7.70. The zero-order chi connectivity index (χ0) is 21.5. The molecule has 0 unspecified atom stereocenters. The number of ether oxygens (including phenoxy) is 2. The summed E-state index contributed by atoms with van der Waals surface area (Å²) in [6.07, 6.45) is 2.96. The van der Waals surface area contributed by atoms with Gasteiger partial charge in [0.05, 0.1) is 9.49 Å². The van der Waals surface area contributed by atoms with Crippen LogP contribution in [0.3, 0.4) is 0 Å². The van der Waals surface area contributed by atoms with Crippen LogP contribution in [0, 0.1) is 3.57 Å². The van der Waals surface area contributed by atoms with Crippen LogP contribution in [0.2, 0.25) is 0 Å². The van der Waals surface area contributed by atoms with E-state index >= 15 is 0 Å². The van der Waals surface area contributed by atoms with E-state index in [4.69, 9.17) is 9.47 Å². The predicted molar refractivity (Wildman–Crippen MR) is 130 cm³/mol. The van der Waals surface area contributed by atoms with Crippen LogP contribution in [0.1, 0.15) is 61.9 Å². The van der Waals surface area contributed by atoms with Crippen molar-refractivity contribution >= 4 is 28.4 Å². The molecule has 0 amide bonds. The summed E-state index contributed by atoms with van der Waals surface area (Å²) in [6.45, 7) is 10.1. The van der Waals surface area contributed by atoms with Gasteiger partial charge in [-0.25, -0.2) is 0 Å². The topological polar surface area (TPSA) is 38.8 Å². The van der Waals surface area contributed by atoms with Crippen molar-refractivity contribution in [3.63, 3.8) is 0 Å². The van der Waals surface area contributed by atoms with Crippen LogP contribution in [-0.4, -0.2) is 43.0 Å². The van der Waals surface area contributed by atoms with E-state index in [0.29, 0.717) is 6.61 Å². The number of likely N-dealkylation sites (N-methyl/N-ethyl adjacent to an activating group) is 1. The maximum atomic E-state index is 13.5. The van der Waals surface area contributed by atoms with Gasteiger partial charge in [0, 0.05) is 17.7 Å². The first-order chi connectivity index (χ1) is 14.6. The number of carbonyl (C=O) groups excluding carboxylic acids is 1. The van der Waals surface area contributed by atoms with Gasteiger partial charge in [-0.15, -0.1) is 0 Å². The van der Waals surface area contributed by atoms with Gasteiger partial charge in [0.1, 0.15) is 24.2 Å². The monoisotopic (exact) mass is 521 g/mol. The van der Waals surface area contributed by atoms with Crippen molar-refractivity contribution in [3.05, 3.63) is 57.2 Å². The van der Waals surface area contributed by atoms with Crippen LogP contribution in [0.25, 0.3) is 0 Å². The Bertz CT molecular complexity index is 850. The number of hydrogen-bond acceptors (Lipinski definition) is 4. The van der Waals surface area contributed by atoms with Crippen molar-refractivity contribution < 1.29 is 14.3 Å². The average molecular weight is 521 g/mol. The minimum Gasteiger partial charge on any atom is -0.491 e. The van der Waals surface area contributed by atoms with Crippen LogP contribution >= 0.6 is 22.6 Å². The zero-order valence-corrected chi connectivity index (χ0v) is 20.4. The van der Waals surface area contributed by atoms with Crippen molar-refractivity contribution in [1.29, 1.82) is 0 Å². The molecule has 0 N–H and O–H groups in total. The quantitative estimate of drug-likeness (QED) is 0.272. The molecule has 4 nitrogen and oxygen atoms in total. The molecule has 0 saturated heterocycles. The molecular weight excluding hydrogens is 489 g/mol. The lowest BCUT2D eigenvalue weighted by molar-refractivity contribution is 0.0886. The van der Waals surface area contributed by atoms with Gasteiger partial charge in [-0.2, -0.15) is 0 Å². The lowest BCUT2D eigenvalue weighted by Crippen LogP contribution is -2.28. The van der Waals surface area contributed by atoms with E-state index in [9.17, 15) is 4.79 Å². The highest BCUT2D eigenvalue weighted by Crippen LogP contribution is 2.42. The molecule has 0 bridgehead atoms. The summed E-state index contributed by atoms with van der Waals surface area (Å²) in [4.78, 5) is 15.8. The highest BCUT2D eigenvalue weighted by molar-refractivity contribution is 14.1. The van der Waals surface area contributed by atoms with E-state index in [-0.39, 0.29) is 17.8 Å². The summed E-state index contributed by atoms with van der Waals surface area (Å²) in [5.74, 6) is 1.58. The summed E-state index contributed by atoms with van der Waals surface area (Å²) >= 11 is 2.26. The average Bonchev–Trinajstić information content (AvgIpc) is 3.14. The molecule has 30 heavy (non-hydrogen) atoms. The summed E-state index contributed by atoms with van der Waals surface area (Å²) in [5.41, 5.74) is 1.74. The molecule has 3 rings (SSSR count). The van der Waals surface area contributed by atoms with E-state index in [0.717, 1.165) is 65.1 Å². The van der Waals surface area contributed by atoms with Gasteiger partial charge >= 0.3 is 0 Å². The summed E-state index contributed by atoms with van der Waals surface area (Å²) in [7, 11) is 0. The second-order valence-corrected chi connectivity index (χ2v) is 8.86. The van der Waals surface area contributed by atoms with E-state index < -0.39 is 0 Å². The van der Waals surface area contributed by atoms with Gasteiger partial charge in [0.2, 0.25) is 0 Å². The molecule has 162 valence electrons. The van der Waals surface area contributed by atoms with Gasteiger partial charge in [-0.05, 0) is 66.4 Å². The normalized spacial score (nSPS) is 17.6. The Labute approximate surface area is 194 Å². The first-order valence-electron chi connectivity index (χ1n) is 11.0.